The fourth-order valence-electron chi connectivity index (χ4n) is 2.59. The highest BCUT2D eigenvalue weighted by molar-refractivity contribution is 5.77. The molecule has 5 heteroatoms. The predicted molar refractivity (Wildman–Crippen MR) is 79.5 cm³/mol. The van der Waals surface area contributed by atoms with Gasteiger partial charge in [-0.05, 0) is 25.0 Å². The van der Waals surface area contributed by atoms with E-state index in [2.05, 4.69) is 10.4 Å². The van der Waals surface area contributed by atoms with E-state index in [0.29, 0.717) is 11.9 Å². The summed E-state index contributed by atoms with van der Waals surface area (Å²) in [5.41, 5.74) is 0.961. The van der Waals surface area contributed by atoms with Gasteiger partial charge < -0.3 is 10.1 Å². The summed E-state index contributed by atoms with van der Waals surface area (Å²) in [4.78, 5) is 11.8. The van der Waals surface area contributed by atoms with Gasteiger partial charge in [-0.1, -0.05) is 31.0 Å². The molecule has 0 saturated heterocycles. The standard InChI is InChI=1S/C16H19N3O2/c20-15(17-13-6-4-5-7-13)12-21-16-10-11-19(18-16)14-8-2-1-3-9-14/h1-3,8-11,13H,4-7,12H2,(H,17,20). The topological polar surface area (TPSA) is 56.2 Å². The molecular weight excluding hydrogens is 266 g/mol. The Bertz CT molecular complexity index is 589. The molecule has 0 aliphatic heterocycles. The van der Waals surface area contributed by atoms with Gasteiger partial charge in [-0.15, -0.1) is 5.10 Å². The SMILES string of the molecule is O=C(COc1ccn(-c2ccccc2)n1)NC1CCCC1. The first-order valence-electron chi connectivity index (χ1n) is 7.34. The van der Waals surface area contributed by atoms with Crippen LogP contribution in [0.2, 0.25) is 0 Å². The van der Waals surface area contributed by atoms with Crippen LogP contribution in [0.15, 0.2) is 42.6 Å². The summed E-state index contributed by atoms with van der Waals surface area (Å²) in [5, 5.41) is 7.29. The van der Waals surface area contributed by atoms with Crippen molar-refractivity contribution in [3.05, 3.63) is 42.6 Å². The Hall–Kier alpha value is -2.30. The van der Waals surface area contributed by atoms with Crippen molar-refractivity contribution in [1.82, 2.24) is 15.1 Å². The van der Waals surface area contributed by atoms with Gasteiger partial charge in [-0.3, -0.25) is 4.79 Å². The van der Waals surface area contributed by atoms with Crippen LogP contribution in [0, 0.1) is 0 Å². The first-order chi connectivity index (χ1) is 10.3. The molecule has 5 nitrogen and oxygen atoms in total. The van der Waals surface area contributed by atoms with Crippen molar-refractivity contribution >= 4 is 5.91 Å². The van der Waals surface area contributed by atoms with E-state index in [-0.39, 0.29) is 12.5 Å². The van der Waals surface area contributed by atoms with Crippen molar-refractivity contribution < 1.29 is 9.53 Å². The van der Waals surface area contributed by atoms with Gasteiger partial charge in [0.15, 0.2) is 6.61 Å². The minimum atomic E-state index is -0.0730. The summed E-state index contributed by atoms with van der Waals surface area (Å²) >= 11 is 0. The number of nitrogens with zero attached hydrogens (tertiary/aromatic N) is 2. The van der Waals surface area contributed by atoms with Crippen LogP contribution in [0.5, 0.6) is 5.88 Å². The smallest absolute Gasteiger partial charge is 0.258 e. The molecule has 1 saturated carbocycles. The molecule has 110 valence electrons. The van der Waals surface area contributed by atoms with Gasteiger partial charge in [0.05, 0.1) is 5.69 Å². The molecule has 0 bridgehead atoms. The maximum atomic E-state index is 11.8. The molecule has 3 rings (SSSR count). The normalized spacial score (nSPS) is 15.0. The molecule has 0 radical (unpaired) electrons. The number of amides is 1. The Balaban J connectivity index is 1.51. The largest absolute Gasteiger partial charge is 0.466 e. The van der Waals surface area contributed by atoms with Gasteiger partial charge in [0, 0.05) is 18.3 Å². The molecule has 1 fully saturated rings. The highest BCUT2D eigenvalue weighted by Crippen LogP contribution is 2.17. The number of aromatic nitrogens is 2. The minimum absolute atomic E-state index is 0.0162. The highest BCUT2D eigenvalue weighted by atomic mass is 16.5. The third kappa shape index (κ3) is 3.62. The third-order valence-electron chi connectivity index (χ3n) is 3.66. The zero-order chi connectivity index (χ0) is 14.5. The quantitative estimate of drug-likeness (QED) is 0.917. The summed E-state index contributed by atoms with van der Waals surface area (Å²) in [6, 6.07) is 11.9. The Labute approximate surface area is 123 Å². The molecule has 0 spiro atoms. The first kappa shape index (κ1) is 13.7. The predicted octanol–water partition coefficient (Wildman–Crippen LogP) is 2.31. The van der Waals surface area contributed by atoms with E-state index in [1.807, 2.05) is 36.5 Å². The molecule has 1 aromatic heterocycles. The fourth-order valence-corrected chi connectivity index (χ4v) is 2.59. The van der Waals surface area contributed by atoms with Crippen molar-refractivity contribution in [2.24, 2.45) is 0 Å². The summed E-state index contributed by atoms with van der Waals surface area (Å²) in [7, 11) is 0. The van der Waals surface area contributed by atoms with Crippen LogP contribution >= 0.6 is 0 Å². The van der Waals surface area contributed by atoms with E-state index in [1.54, 1.807) is 10.7 Å². The van der Waals surface area contributed by atoms with Gasteiger partial charge in [-0.2, -0.15) is 0 Å². The summed E-state index contributed by atoms with van der Waals surface area (Å²) in [6.45, 7) is 0.0162. The van der Waals surface area contributed by atoms with E-state index >= 15 is 0 Å². The van der Waals surface area contributed by atoms with Crippen LogP contribution in [0.25, 0.3) is 5.69 Å². The summed E-state index contributed by atoms with van der Waals surface area (Å²) < 4.78 is 7.16. The van der Waals surface area contributed by atoms with E-state index in [4.69, 9.17) is 4.74 Å². The Morgan fingerprint density at radius 1 is 1.24 bits per heavy atom. The van der Waals surface area contributed by atoms with E-state index in [0.717, 1.165) is 18.5 Å². The van der Waals surface area contributed by atoms with Gasteiger partial charge in [0.2, 0.25) is 5.88 Å². The van der Waals surface area contributed by atoms with Crippen LogP contribution < -0.4 is 10.1 Å². The molecule has 1 aromatic carbocycles. The lowest BCUT2D eigenvalue weighted by Gasteiger charge is -2.11. The van der Waals surface area contributed by atoms with Crippen LogP contribution in [0.4, 0.5) is 0 Å². The molecule has 1 aliphatic carbocycles. The molecule has 0 atom stereocenters. The summed E-state index contributed by atoms with van der Waals surface area (Å²) in [5.74, 6) is 0.386. The number of ether oxygens (including phenoxy) is 1. The van der Waals surface area contributed by atoms with E-state index in [1.165, 1.54) is 12.8 Å². The van der Waals surface area contributed by atoms with E-state index < -0.39 is 0 Å². The molecular formula is C16H19N3O2. The monoisotopic (exact) mass is 285 g/mol. The number of hydrogen-bond acceptors (Lipinski definition) is 3. The Morgan fingerprint density at radius 2 is 2.00 bits per heavy atom. The zero-order valence-corrected chi connectivity index (χ0v) is 11.9. The average molecular weight is 285 g/mol. The van der Waals surface area contributed by atoms with Crippen molar-refractivity contribution in [1.29, 1.82) is 0 Å². The second-order valence-electron chi connectivity index (χ2n) is 5.27. The maximum Gasteiger partial charge on any atom is 0.258 e. The second-order valence-corrected chi connectivity index (χ2v) is 5.27. The lowest BCUT2D eigenvalue weighted by molar-refractivity contribution is -0.123. The van der Waals surface area contributed by atoms with Crippen molar-refractivity contribution in [2.75, 3.05) is 6.61 Å². The van der Waals surface area contributed by atoms with Crippen LogP contribution in [0.3, 0.4) is 0 Å². The van der Waals surface area contributed by atoms with Crippen molar-refractivity contribution in [3.8, 4) is 11.6 Å². The van der Waals surface area contributed by atoms with Crippen molar-refractivity contribution in [3.63, 3.8) is 0 Å². The minimum Gasteiger partial charge on any atom is -0.466 e. The number of hydrogen-bond donors (Lipinski definition) is 1. The van der Waals surface area contributed by atoms with Crippen LogP contribution in [0.1, 0.15) is 25.7 Å². The van der Waals surface area contributed by atoms with Crippen molar-refractivity contribution in [2.45, 2.75) is 31.7 Å². The lowest BCUT2D eigenvalue weighted by atomic mass is 10.2. The lowest BCUT2D eigenvalue weighted by Crippen LogP contribution is -2.36. The Kier molecular flexibility index (Phi) is 4.19. The number of benzene rings is 1. The zero-order valence-electron chi connectivity index (χ0n) is 11.9. The first-order valence-corrected chi connectivity index (χ1v) is 7.34. The number of rotatable bonds is 5. The van der Waals surface area contributed by atoms with E-state index in [9.17, 15) is 4.79 Å². The highest BCUT2D eigenvalue weighted by Gasteiger charge is 2.17. The average Bonchev–Trinajstić information content (AvgIpc) is 3.17. The van der Waals surface area contributed by atoms with Crippen LogP contribution in [-0.4, -0.2) is 28.3 Å². The molecule has 1 amide bonds. The number of nitrogens with one attached hydrogen (secondary N) is 1. The Morgan fingerprint density at radius 3 is 2.76 bits per heavy atom. The molecule has 1 aliphatic rings. The fraction of sp³-hybridized carbons (Fsp3) is 0.375. The molecule has 2 aromatic rings. The molecule has 0 unspecified atom stereocenters. The molecule has 1 N–H and O–H groups in total. The van der Waals surface area contributed by atoms with Gasteiger partial charge in [0.25, 0.3) is 5.91 Å². The third-order valence-corrected chi connectivity index (χ3v) is 3.66. The summed E-state index contributed by atoms with van der Waals surface area (Å²) in [6.07, 6.45) is 6.38. The van der Waals surface area contributed by atoms with Gasteiger partial charge in [0.1, 0.15) is 0 Å². The van der Waals surface area contributed by atoms with Gasteiger partial charge in [-0.25, -0.2) is 4.68 Å². The maximum absolute atomic E-state index is 11.8. The number of carbonyl (C=O) groups excluding carboxylic acids is 1. The number of para-hydroxylation sites is 1. The second kappa shape index (κ2) is 6.43. The van der Waals surface area contributed by atoms with Gasteiger partial charge >= 0.3 is 0 Å². The number of carbonyl (C=O) groups is 1. The molecule has 1 heterocycles. The molecule has 21 heavy (non-hydrogen) atoms. The van der Waals surface area contributed by atoms with Crippen LogP contribution in [-0.2, 0) is 4.79 Å².